The smallest absolute Gasteiger partial charge is 0.350 e. The first-order chi connectivity index (χ1) is 19.1. The van der Waals surface area contributed by atoms with Gasteiger partial charge in [-0.2, -0.15) is 4.98 Å². The zero-order chi connectivity index (χ0) is 28.7. The first-order valence-electron chi connectivity index (χ1n) is 13.1. The summed E-state index contributed by atoms with van der Waals surface area (Å²) in [4.78, 5) is 43.2. The third-order valence-electron chi connectivity index (χ3n) is 7.24. The van der Waals surface area contributed by atoms with E-state index in [1.807, 2.05) is 32.6 Å². The summed E-state index contributed by atoms with van der Waals surface area (Å²) in [5.74, 6) is -1.35. The van der Waals surface area contributed by atoms with E-state index < -0.39 is 17.3 Å². The van der Waals surface area contributed by atoms with Gasteiger partial charge in [0.25, 0.3) is 0 Å². The van der Waals surface area contributed by atoms with Crippen molar-refractivity contribution >= 4 is 22.8 Å². The van der Waals surface area contributed by atoms with Gasteiger partial charge in [0, 0.05) is 37.4 Å². The number of aromatic nitrogens is 4. The van der Waals surface area contributed by atoms with Crippen LogP contribution >= 0.6 is 0 Å². The number of carbonyl (C=O) groups excluding carboxylic acids is 1. The second-order valence-corrected chi connectivity index (χ2v) is 10.3. The molecule has 1 fully saturated rings. The van der Waals surface area contributed by atoms with E-state index in [-0.39, 0.29) is 40.6 Å². The summed E-state index contributed by atoms with van der Waals surface area (Å²) >= 11 is 0. The zero-order valence-corrected chi connectivity index (χ0v) is 22.9. The van der Waals surface area contributed by atoms with Crippen molar-refractivity contribution < 1.29 is 13.6 Å². The van der Waals surface area contributed by atoms with Crippen molar-refractivity contribution in [3.8, 4) is 16.9 Å². The molecule has 8 nitrogen and oxygen atoms in total. The maximum absolute atomic E-state index is 15.7. The largest absolute Gasteiger partial charge is 0.355 e. The molecule has 0 saturated carbocycles. The van der Waals surface area contributed by atoms with Crippen LogP contribution in [0.5, 0.6) is 0 Å². The minimum atomic E-state index is -0.744. The van der Waals surface area contributed by atoms with Crippen molar-refractivity contribution in [2.75, 3.05) is 24.5 Å². The van der Waals surface area contributed by atoms with Crippen molar-refractivity contribution in [2.45, 2.75) is 39.7 Å². The molecule has 1 aliphatic heterocycles. The predicted molar refractivity (Wildman–Crippen MR) is 151 cm³/mol. The van der Waals surface area contributed by atoms with Gasteiger partial charge in [-0.1, -0.05) is 32.6 Å². The number of nitrogens with zero attached hydrogens (tertiary/aromatic N) is 6. The van der Waals surface area contributed by atoms with Crippen LogP contribution in [0.25, 0.3) is 28.0 Å². The lowest BCUT2D eigenvalue weighted by atomic mass is 10.0. The van der Waals surface area contributed by atoms with Crippen LogP contribution in [0.1, 0.15) is 37.9 Å². The standard InChI is InChI=1S/C30H30F2N6O2/c1-6-24(39)36-13-14-37(19(5)16-36)28-21-15-23(32)26(20-9-7-8-10-22(20)31)34-29(21)38(30(40)35-28)27-18(4)11-12-33-25(27)17(2)3/h6-12,15,17,19H,1,13-14,16H2,2-5H3. The van der Waals surface area contributed by atoms with Crippen LogP contribution in [-0.2, 0) is 4.79 Å². The van der Waals surface area contributed by atoms with Gasteiger partial charge in [0.2, 0.25) is 5.91 Å². The molecule has 4 heterocycles. The zero-order valence-electron chi connectivity index (χ0n) is 22.9. The second-order valence-electron chi connectivity index (χ2n) is 10.3. The van der Waals surface area contributed by atoms with Crippen molar-refractivity contribution in [3.05, 3.63) is 88.6 Å². The Bertz CT molecular complexity index is 1700. The van der Waals surface area contributed by atoms with Gasteiger partial charge < -0.3 is 9.80 Å². The lowest BCUT2D eigenvalue weighted by Gasteiger charge is -2.40. The van der Waals surface area contributed by atoms with E-state index in [1.54, 1.807) is 23.2 Å². The summed E-state index contributed by atoms with van der Waals surface area (Å²) < 4.78 is 31.9. The molecule has 1 saturated heterocycles. The highest BCUT2D eigenvalue weighted by molar-refractivity contribution is 5.91. The Morgan fingerprint density at radius 1 is 1.12 bits per heavy atom. The normalized spacial score (nSPS) is 15.6. The van der Waals surface area contributed by atoms with Gasteiger partial charge in [-0.05, 0) is 55.7 Å². The SMILES string of the molecule is C=CC(=O)N1CCN(c2nc(=O)n(-c3c(C)ccnc3C(C)C)c3nc(-c4ccccc4F)c(F)cc23)C(C)C1. The third kappa shape index (κ3) is 4.63. The molecule has 0 aliphatic carbocycles. The fourth-order valence-corrected chi connectivity index (χ4v) is 5.25. The third-order valence-corrected chi connectivity index (χ3v) is 7.24. The Kier molecular flexibility index (Phi) is 7.18. The molecular weight excluding hydrogens is 514 g/mol. The summed E-state index contributed by atoms with van der Waals surface area (Å²) in [6, 6.07) is 8.61. The molecular formula is C30H30F2N6O2. The first kappa shape index (κ1) is 27.1. The molecule has 1 atom stereocenters. The van der Waals surface area contributed by atoms with Gasteiger partial charge >= 0.3 is 5.69 Å². The molecule has 4 aromatic rings. The Balaban J connectivity index is 1.81. The van der Waals surface area contributed by atoms with Gasteiger partial charge in [0.05, 0.1) is 16.8 Å². The van der Waals surface area contributed by atoms with Gasteiger partial charge in [-0.3, -0.25) is 9.78 Å². The number of hydrogen-bond donors (Lipinski definition) is 0. The highest BCUT2D eigenvalue weighted by Gasteiger charge is 2.30. The maximum atomic E-state index is 15.7. The number of piperazine rings is 1. The number of benzene rings is 1. The summed E-state index contributed by atoms with van der Waals surface area (Å²) in [7, 11) is 0. The van der Waals surface area contributed by atoms with Crippen LogP contribution in [0.4, 0.5) is 14.6 Å². The summed E-state index contributed by atoms with van der Waals surface area (Å²) in [6.45, 7) is 12.4. The Morgan fingerprint density at radius 2 is 1.88 bits per heavy atom. The minimum Gasteiger partial charge on any atom is -0.350 e. The monoisotopic (exact) mass is 544 g/mol. The molecule has 3 aromatic heterocycles. The number of carbonyl (C=O) groups is 1. The topological polar surface area (TPSA) is 84.2 Å². The van der Waals surface area contributed by atoms with Crippen LogP contribution in [0.2, 0.25) is 0 Å². The van der Waals surface area contributed by atoms with Crippen molar-refractivity contribution in [3.63, 3.8) is 0 Å². The molecule has 206 valence electrons. The van der Waals surface area contributed by atoms with Gasteiger partial charge in [-0.25, -0.2) is 23.1 Å². The molecule has 1 aromatic carbocycles. The van der Waals surface area contributed by atoms with E-state index >= 15 is 4.39 Å². The number of anilines is 1. The predicted octanol–water partition coefficient (Wildman–Crippen LogP) is 4.78. The quantitative estimate of drug-likeness (QED) is 0.337. The lowest BCUT2D eigenvalue weighted by molar-refractivity contribution is -0.126. The molecule has 0 radical (unpaired) electrons. The minimum absolute atomic E-state index is 0.0174. The van der Waals surface area contributed by atoms with Gasteiger partial charge in [-0.15, -0.1) is 0 Å². The number of amides is 1. The summed E-state index contributed by atoms with van der Waals surface area (Å²) in [5.41, 5.74) is 1.23. The number of hydrogen-bond acceptors (Lipinski definition) is 6. The Morgan fingerprint density at radius 3 is 2.55 bits per heavy atom. The molecule has 0 spiro atoms. The van der Waals surface area contributed by atoms with E-state index in [4.69, 9.17) is 0 Å². The summed E-state index contributed by atoms with van der Waals surface area (Å²) in [6.07, 6.45) is 2.94. The maximum Gasteiger partial charge on any atom is 0.355 e. The molecule has 0 bridgehead atoms. The molecule has 0 N–H and O–H groups in total. The van der Waals surface area contributed by atoms with E-state index in [0.717, 1.165) is 5.56 Å². The average molecular weight is 545 g/mol. The lowest BCUT2D eigenvalue weighted by Crippen LogP contribution is -2.54. The molecule has 1 amide bonds. The van der Waals surface area contributed by atoms with Crippen LogP contribution in [0.3, 0.4) is 0 Å². The molecule has 5 rings (SSSR count). The van der Waals surface area contributed by atoms with E-state index in [0.29, 0.717) is 36.4 Å². The molecule has 40 heavy (non-hydrogen) atoms. The second kappa shape index (κ2) is 10.6. The Labute approximate surface area is 230 Å². The number of rotatable bonds is 5. The number of pyridine rings is 2. The van der Waals surface area contributed by atoms with Crippen LogP contribution < -0.4 is 10.6 Å². The fourth-order valence-electron chi connectivity index (χ4n) is 5.25. The fraction of sp³-hybridized carbons (Fsp3) is 0.300. The van der Waals surface area contributed by atoms with Crippen molar-refractivity contribution in [1.29, 1.82) is 0 Å². The Hall–Kier alpha value is -4.47. The van der Waals surface area contributed by atoms with E-state index in [9.17, 15) is 14.0 Å². The van der Waals surface area contributed by atoms with Crippen molar-refractivity contribution in [2.24, 2.45) is 0 Å². The molecule has 10 heteroatoms. The van der Waals surface area contributed by atoms with Crippen molar-refractivity contribution in [1.82, 2.24) is 24.4 Å². The molecule has 1 aliphatic rings. The van der Waals surface area contributed by atoms with Gasteiger partial charge in [0.15, 0.2) is 5.65 Å². The van der Waals surface area contributed by atoms with Gasteiger partial charge in [0.1, 0.15) is 23.1 Å². The number of aryl methyl sites for hydroxylation is 1. The van der Waals surface area contributed by atoms with E-state index in [2.05, 4.69) is 21.5 Å². The van der Waals surface area contributed by atoms with Crippen LogP contribution in [0, 0.1) is 18.6 Å². The summed E-state index contributed by atoms with van der Waals surface area (Å²) in [5, 5.41) is 0.297. The number of halogens is 2. The number of fused-ring (bicyclic) bond motifs is 1. The highest BCUT2D eigenvalue weighted by atomic mass is 19.1. The van der Waals surface area contributed by atoms with Crippen LogP contribution in [0.15, 0.2) is 60.0 Å². The van der Waals surface area contributed by atoms with E-state index in [1.165, 1.54) is 34.9 Å². The first-order valence-corrected chi connectivity index (χ1v) is 13.1. The average Bonchev–Trinajstić information content (AvgIpc) is 2.93. The van der Waals surface area contributed by atoms with Crippen LogP contribution in [-0.4, -0.2) is 56.0 Å². The highest BCUT2D eigenvalue weighted by Crippen LogP contribution is 2.33. The molecule has 1 unspecified atom stereocenters.